The molecule has 0 spiro atoms. The number of fused-ring (bicyclic) bond motifs is 33. The first-order valence-corrected chi connectivity index (χ1v) is 46.2. The SMILES string of the molecule is c1ccc(-c2ccc3oc4ccc(-c5ccc6c(c5)c5ccccc5n6-c5nc6ccccc6c6nc7ccccc7n56)cc4c3c2)cc1.c1ccc2c(c1)nc(-n1c3ccccc3c3cc(-c4ccc5oc6ccccc6c5c4)ccc31)n1c3ccccc3nc21.c1ccc2c(c1)nc(-n1c3ccccc3c3cc(-c4cccc5c4sc4ccccc45)ccc31)n1c3ccccc3nc21. The highest BCUT2D eigenvalue weighted by atomic mass is 32.1. The van der Waals surface area contributed by atoms with Gasteiger partial charge in [0.1, 0.15) is 39.3 Å². The largest absolute Gasteiger partial charge is 0.456 e. The highest BCUT2D eigenvalue weighted by Crippen LogP contribution is 2.47. The number of rotatable bonds is 7. The lowest BCUT2D eigenvalue weighted by atomic mass is 9.99. The minimum Gasteiger partial charge on any atom is -0.456 e. The fourth-order valence-electron chi connectivity index (χ4n) is 21.2. The van der Waals surface area contributed by atoms with Gasteiger partial charge in [-0.25, -0.2) is 29.9 Å². The molecular weight excluding hydrogens is 1670 g/mol. The Balaban J connectivity index is 0.0000000987. The number of imidazole rings is 3. The zero-order chi connectivity index (χ0) is 88.2. The van der Waals surface area contributed by atoms with Crippen molar-refractivity contribution in [3.63, 3.8) is 0 Å². The molecule has 0 radical (unpaired) electrons. The summed E-state index contributed by atoms with van der Waals surface area (Å²) in [4.78, 5) is 31.1. The lowest BCUT2D eigenvalue weighted by Gasteiger charge is -2.12. The van der Waals surface area contributed by atoms with Crippen molar-refractivity contribution in [1.29, 1.82) is 0 Å². The molecule has 0 saturated heterocycles. The summed E-state index contributed by atoms with van der Waals surface area (Å²) >= 11 is 1.87. The monoisotopic (exact) mass is 1740 g/mol. The molecule has 12 heterocycles. The van der Waals surface area contributed by atoms with Crippen LogP contribution in [-0.4, -0.2) is 56.8 Å². The molecule has 0 fully saturated rings. The molecule has 0 aliphatic carbocycles. The molecule has 0 bridgehead atoms. The second-order valence-corrected chi connectivity index (χ2v) is 35.9. The van der Waals surface area contributed by atoms with Crippen molar-refractivity contribution in [2.45, 2.75) is 0 Å². The average Bonchev–Trinajstić information content (AvgIpc) is 1.57. The van der Waals surface area contributed by atoms with E-state index in [0.29, 0.717) is 0 Å². The Hall–Kier alpha value is -18.2. The normalized spacial score (nSPS) is 12.1. The van der Waals surface area contributed by atoms with Crippen LogP contribution < -0.4 is 0 Å². The Morgan fingerprint density at radius 3 is 0.911 bits per heavy atom. The smallest absolute Gasteiger partial charge is 0.221 e. The van der Waals surface area contributed by atoms with Crippen LogP contribution in [0.3, 0.4) is 0 Å². The van der Waals surface area contributed by atoms with E-state index in [2.05, 4.69) is 397 Å². The van der Waals surface area contributed by atoms with E-state index in [1.807, 2.05) is 65.9 Å². The maximum Gasteiger partial charge on any atom is 0.221 e. The third-order valence-electron chi connectivity index (χ3n) is 27.3. The molecule has 19 aromatic carbocycles. The number of benzene rings is 19. The molecule has 0 aliphatic heterocycles. The molecule has 628 valence electrons. The first-order valence-electron chi connectivity index (χ1n) is 45.4. The van der Waals surface area contributed by atoms with Gasteiger partial charge in [-0.05, 0) is 220 Å². The summed E-state index contributed by atoms with van der Waals surface area (Å²) in [6, 6.07) is 150. The van der Waals surface area contributed by atoms with Crippen molar-refractivity contribution in [3.8, 4) is 62.4 Å². The third-order valence-corrected chi connectivity index (χ3v) is 28.6. The maximum atomic E-state index is 6.29. The summed E-state index contributed by atoms with van der Waals surface area (Å²) in [6.45, 7) is 0. The predicted molar refractivity (Wildman–Crippen MR) is 556 cm³/mol. The molecule has 0 N–H and O–H groups in total. The quantitative estimate of drug-likeness (QED) is 0.154. The summed E-state index contributed by atoms with van der Waals surface area (Å²) < 4.78 is 28.5. The van der Waals surface area contributed by atoms with Crippen molar-refractivity contribution >= 4 is 224 Å². The molecule has 0 saturated carbocycles. The van der Waals surface area contributed by atoms with Gasteiger partial charge in [0.2, 0.25) is 17.8 Å². The molecule has 14 nitrogen and oxygen atoms in total. The van der Waals surface area contributed by atoms with Crippen LogP contribution in [0.25, 0.3) is 275 Å². The van der Waals surface area contributed by atoms with Gasteiger partial charge in [-0.1, -0.05) is 249 Å². The summed E-state index contributed by atoms with van der Waals surface area (Å²) in [5, 5.41) is 17.4. The number of para-hydroxylation sites is 13. The Kier molecular flexibility index (Phi) is 16.1. The summed E-state index contributed by atoms with van der Waals surface area (Å²) in [7, 11) is 0. The zero-order valence-corrected chi connectivity index (χ0v) is 72.8. The molecule has 0 unspecified atom stereocenters. The average molecular weight is 1740 g/mol. The van der Waals surface area contributed by atoms with Gasteiger partial charge in [0.15, 0.2) is 0 Å². The van der Waals surface area contributed by atoms with Crippen LogP contribution in [0.2, 0.25) is 0 Å². The van der Waals surface area contributed by atoms with Gasteiger partial charge in [0.05, 0.1) is 82.8 Å². The van der Waals surface area contributed by atoms with Gasteiger partial charge >= 0.3 is 0 Å². The predicted octanol–water partition coefficient (Wildman–Crippen LogP) is 31.2. The Bertz CT molecular complexity index is 10500. The van der Waals surface area contributed by atoms with Crippen molar-refractivity contribution in [3.05, 3.63) is 425 Å². The maximum absolute atomic E-state index is 6.29. The van der Waals surface area contributed by atoms with Crippen molar-refractivity contribution < 1.29 is 8.83 Å². The molecule has 0 atom stereocenters. The molecule has 0 aliphatic rings. The number of hydrogen-bond acceptors (Lipinski definition) is 9. The van der Waals surface area contributed by atoms with Crippen LogP contribution in [0.4, 0.5) is 0 Å². The highest BCUT2D eigenvalue weighted by molar-refractivity contribution is 7.26. The minimum absolute atomic E-state index is 0.821. The number of thiophene rings is 1. The van der Waals surface area contributed by atoms with Crippen molar-refractivity contribution in [1.82, 2.24) is 56.8 Å². The van der Waals surface area contributed by atoms with Gasteiger partial charge in [-0.3, -0.25) is 26.9 Å². The lowest BCUT2D eigenvalue weighted by molar-refractivity contribution is 0.668. The molecule has 0 amide bonds. The van der Waals surface area contributed by atoms with Gasteiger partial charge in [0.25, 0.3) is 0 Å². The topological polar surface area (TPSA) is 132 Å². The molecule has 15 heteroatoms. The Morgan fingerprint density at radius 2 is 0.474 bits per heavy atom. The summed E-state index contributed by atoms with van der Waals surface area (Å²) in [6.07, 6.45) is 0. The fourth-order valence-corrected chi connectivity index (χ4v) is 22.4. The van der Waals surface area contributed by atoms with Crippen LogP contribution in [0.15, 0.2) is 433 Å². The number of aromatic nitrogens is 12. The van der Waals surface area contributed by atoms with Crippen molar-refractivity contribution in [2.75, 3.05) is 0 Å². The van der Waals surface area contributed by atoms with Gasteiger partial charge < -0.3 is 8.83 Å². The van der Waals surface area contributed by atoms with Crippen molar-refractivity contribution in [2.24, 2.45) is 0 Å². The standard InChI is InChI=1S/C44H26N4O.C38H22N4O.C38H22N4S/c1-2-10-27(11-3-1)28-19-22-41-34(25-28)35-26-30(20-23-42(35)49-41)29-18-21-39-33(24-29)31-12-5-8-16-38(31)47(39)44-46-36-14-6-4-13-32(36)43-45-37-15-7-9-17-40(37)48(43)44;1-4-12-30-27(11-1)37-39-31-13-5-7-15-34(31)42(37)38(40-30)41-32-14-6-2-9-25(32)28-21-23(17-19-33(28)41)24-18-20-36-29(22-24)26-10-3-8-16-35(26)43-36;1-4-15-30-28(12-1)37-39-31-16-5-7-18-34(31)42(37)38(40-30)41-32-17-6-2-10-25(32)29-22-23(20-21-33(29)41)24-13-9-14-27-26-11-3-8-19-35(26)43-36(24)27/h1-26H;2*1-22H. The first kappa shape index (κ1) is 74.7. The van der Waals surface area contributed by atoms with E-state index in [4.69, 9.17) is 38.7 Å². The van der Waals surface area contributed by atoms with Crippen LogP contribution in [-0.2, 0) is 0 Å². The van der Waals surface area contributed by atoms with Crippen LogP contribution in [0.5, 0.6) is 0 Å². The lowest BCUT2D eigenvalue weighted by Crippen LogP contribution is -2.06. The Morgan fingerprint density at radius 1 is 0.178 bits per heavy atom. The van der Waals surface area contributed by atoms with Crippen LogP contribution in [0, 0.1) is 0 Å². The van der Waals surface area contributed by atoms with E-state index in [1.54, 1.807) is 0 Å². The van der Waals surface area contributed by atoms with E-state index >= 15 is 0 Å². The van der Waals surface area contributed by atoms with E-state index in [1.165, 1.54) is 74.7 Å². The van der Waals surface area contributed by atoms with Gasteiger partial charge in [-0.2, -0.15) is 0 Å². The molecule has 135 heavy (non-hydrogen) atoms. The summed E-state index contributed by atoms with van der Waals surface area (Å²) in [5.74, 6) is 2.49. The molecule has 31 aromatic rings. The Labute approximate surface area is 770 Å². The van der Waals surface area contributed by atoms with Gasteiger partial charge in [0, 0.05) is 90.2 Å². The number of furan rings is 2. The zero-order valence-electron chi connectivity index (χ0n) is 72.0. The summed E-state index contributed by atoms with van der Waals surface area (Å²) in [5.41, 5.74) is 31.2. The second kappa shape index (κ2) is 29.2. The fraction of sp³-hybridized carbons (Fsp3) is 0. The number of hydrogen-bond donors (Lipinski definition) is 0. The van der Waals surface area contributed by atoms with E-state index in [-0.39, 0.29) is 0 Å². The van der Waals surface area contributed by atoms with Gasteiger partial charge in [-0.15, -0.1) is 11.3 Å². The van der Waals surface area contributed by atoms with E-state index in [9.17, 15) is 0 Å². The van der Waals surface area contributed by atoms with Crippen LogP contribution >= 0.6 is 11.3 Å². The number of nitrogens with zero attached hydrogens (tertiary/aromatic N) is 12. The highest BCUT2D eigenvalue weighted by Gasteiger charge is 2.27. The van der Waals surface area contributed by atoms with E-state index < -0.39 is 0 Å². The second-order valence-electron chi connectivity index (χ2n) is 34.8. The molecule has 12 aromatic heterocycles. The third kappa shape index (κ3) is 11.4. The minimum atomic E-state index is 0.821. The molecule has 31 rings (SSSR count). The molecular formula is C120H70N12O2S. The first-order chi connectivity index (χ1) is 66.9. The van der Waals surface area contributed by atoms with E-state index in [0.717, 1.165) is 200 Å². The van der Waals surface area contributed by atoms with Crippen LogP contribution in [0.1, 0.15) is 0 Å².